The number of nitrogens with zero attached hydrogens (tertiary/aromatic N) is 7. The van der Waals surface area contributed by atoms with Crippen LogP contribution in [0.15, 0.2) is 36.0 Å². The molecule has 1 fully saturated rings. The molecule has 3 aromatic heterocycles. The molecule has 0 radical (unpaired) electrons. The van der Waals surface area contributed by atoms with Crippen LogP contribution in [-0.2, 0) is 6.42 Å². The lowest BCUT2D eigenvalue weighted by Gasteiger charge is -2.36. The molecule has 4 heterocycles. The Balaban J connectivity index is 1.54. The average molecular weight is 367 g/mol. The predicted octanol–water partition coefficient (Wildman–Crippen LogP) is 2.43. The zero-order valence-corrected chi connectivity index (χ0v) is 15.8. The molecular formula is C18H21N7S. The Morgan fingerprint density at radius 2 is 1.88 bits per heavy atom. The SMILES string of the molecule is CCc1cc(N2CCN(c3ncnc4cnccc34)CC2)nc(SC)n1. The molecule has 0 bridgehead atoms. The van der Waals surface area contributed by atoms with Crippen molar-refractivity contribution < 1.29 is 0 Å². The third kappa shape index (κ3) is 3.29. The molecule has 0 atom stereocenters. The maximum Gasteiger partial charge on any atom is 0.189 e. The van der Waals surface area contributed by atoms with E-state index in [-0.39, 0.29) is 0 Å². The molecule has 3 aromatic rings. The minimum Gasteiger partial charge on any atom is -0.353 e. The topological polar surface area (TPSA) is 70.9 Å². The summed E-state index contributed by atoms with van der Waals surface area (Å²) in [6.45, 7) is 5.74. The third-order valence-corrected chi connectivity index (χ3v) is 5.16. The van der Waals surface area contributed by atoms with Crippen LogP contribution in [0, 0.1) is 0 Å². The molecule has 0 unspecified atom stereocenters. The van der Waals surface area contributed by atoms with Gasteiger partial charge in [0.05, 0.1) is 11.7 Å². The molecule has 0 amide bonds. The highest BCUT2D eigenvalue weighted by Gasteiger charge is 2.21. The maximum atomic E-state index is 4.70. The third-order valence-electron chi connectivity index (χ3n) is 4.61. The molecule has 0 saturated carbocycles. The molecule has 0 aliphatic carbocycles. The number of piperazine rings is 1. The van der Waals surface area contributed by atoms with Crippen molar-refractivity contribution >= 4 is 34.3 Å². The molecule has 134 valence electrons. The van der Waals surface area contributed by atoms with E-state index in [9.17, 15) is 0 Å². The smallest absolute Gasteiger partial charge is 0.189 e. The molecule has 1 saturated heterocycles. The van der Waals surface area contributed by atoms with Crippen molar-refractivity contribution in [1.29, 1.82) is 0 Å². The summed E-state index contributed by atoms with van der Waals surface area (Å²) in [5.41, 5.74) is 1.98. The van der Waals surface area contributed by atoms with Crippen LogP contribution in [0.25, 0.3) is 10.9 Å². The van der Waals surface area contributed by atoms with E-state index < -0.39 is 0 Å². The highest BCUT2D eigenvalue weighted by molar-refractivity contribution is 7.98. The molecule has 0 aromatic carbocycles. The molecule has 0 spiro atoms. The minimum absolute atomic E-state index is 0.844. The van der Waals surface area contributed by atoms with Gasteiger partial charge in [0.15, 0.2) is 5.16 Å². The first kappa shape index (κ1) is 17.0. The first-order chi connectivity index (χ1) is 12.8. The predicted molar refractivity (Wildman–Crippen MR) is 105 cm³/mol. The van der Waals surface area contributed by atoms with Gasteiger partial charge in [-0.3, -0.25) is 4.98 Å². The second kappa shape index (κ2) is 7.41. The van der Waals surface area contributed by atoms with Crippen molar-refractivity contribution in [2.75, 3.05) is 42.2 Å². The maximum absolute atomic E-state index is 4.70. The summed E-state index contributed by atoms with van der Waals surface area (Å²) in [5, 5.41) is 1.90. The van der Waals surface area contributed by atoms with Crippen molar-refractivity contribution in [2.24, 2.45) is 0 Å². The molecule has 26 heavy (non-hydrogen) atoms. The Hall–Kier alpha value is -2.48. The fraction of sp³-hybridized carbons (Fsp3) is 0.389. The van der Waals surface area contributed by atoms with E-state index in [0.29, 0.717) is 0 Å². The molecule has 4 rings (SSSR count). The van der Waals surface area contributed by atoms with E-state index in [4.69, 9.17) is 4.98 Å². The lowest BCUT2D eigenvalue weighted by Crippen LogP contribution is -2.47. The van der Waals surface area contributed by atoms with E-state index in [1.165, 1.54) is 0 Å². The van der Waals surface area contributed by atoms with Gasteiger partial charge < -0.3 is 9.80 Å². The van der Waals surface area contributed by atoms with Crippen LogP contribution in [0.3, 0.4) is 0 Å². The first-order valence-corrected chi connectivity index (χ1v) is 9.97. The molecular weight excluding hydrogens is 346 g/mol. The summed E-state index contributed by atoms with van der Waals surface area (Å²) < 4.78 is 0. The van der Waals surface area contributed by atoms with Gasteiger partial charge in [-0.1, -0.05) is 18.7 Å². The Morgan fingerprint density at radius 3 is 2.65 bits per heavy atom. The lowest BCUT2D eigenvalue weighted by molar-refractivity contribution is 0.638. The van der Waals surface area contributed by atoms with Crippen LogP contribution in [0.5, 0.6) is 0 Å². The van der Waals surface area contributed by atoms with Gasteiger partial charge in [0.1, 0.15) is 18.0 Å². The van der Waals surface area contributed by atoms with E-state index in [2.05, 4.69) is 42.7 Å². The van der Waals surface area contributed by atoms with Crippen LogP contribution in [0.2, 0.25) is 0 Å². The van der Waals surface area contributed by atoms with Crippen LogP contribution in [0.4, 0.5) is 11.6 Å². The summed E-state index contributed by atoms with van der Waals surface area (Å²) in [4.78, 5) is 26.9. The fourth-order valence-electron chi connectivity index (χ4n) is 3.19. The van der Waals surface area contributed by atoms with Crippen LogP contribution in [-0.4, -0.2) is 57.4 Å². The Labute approximate surface area is 156 Å². The number of pyridine rings is 1. The number of aromatic nitrogens is 5. The fourth-order valence-corrected chi connectivity index (χ4v) is 3.58. The standard InChI is InChI=1S/C18H21N7S/c1-3-13-10-16(23-18(22-13)26-2)24-6-8-25(9-7-24)17-14-4-5-19-11-15(14)20-12-21-17/h4-5,10-12H,3,6-9H2,1-2H3. The van der Waals surface area contributed by atoms with Gasteiger partial charge in [0.2, 0.25) is 0 Å². The van der Waals surface area contributed by atoms with E-state index in [1.807, 2.05) is 12.3 Å². The van der Waals surface area contributed by atoms with Crippen molar-refractivity contribution in [3.8, 4) is 0 Å². The zero-order chi connectivity index (χ0) is 17.9. The molecule has 7 nitrogen and oxygen atoms in total. The number of hydrogen-bond acceptors (Lipinski definition) is 8. The van der Waals surface area contributed by atoms with Gasteiger partial charge in [-0.2, -0.15) is 0 Å². The van der Waals surface area contributed by atoms with Gasteiger partial charge in [0.25, 0.3) is 0 Å². The van der Waals surface area contributed by atoms with Crippen molar-refractivity contribution in [1.82, 2.24) is 24.9 Å². The molecule has 1 aliphatic rings. The second-order valence-corrected chi connectivity index (χ2v) is 6.90. The summed E-state index contributed by atoms with van der Waals surface area (Å²) in [7, 11) is 0. The largest absolute Gasteiger partial charge is 0.353 e. The molecule has 8 heteroatoms. The summed E-state index contributed by atoms with van der Waals surface area (Å²) in [5.74, 6) is 2.01. The number of hydrogen-bond donors (Lipinski definition) is 0. The second-order valence-electron chi connectivity index (χ2n) is 6.12. The number of thioether (sulfide) groups is 1. The number of fused-ring (bicyclic) bond motifs is 1. The summed E-state index contributed by atoms with van der Waals surface area (Å²) in [6.07, 6.45) is 8.14. The average Bonchev–Trinajstić information content (AvgIpc) is 2.73. The summed E-state index contributed by atoms with van der Waals surface area (Å²) in [6, 6.07) is 4.10. The van der Waals surface area contributed by atoms with Gasteiger partial charge in [-0.05, 0) is 18.7 Å². The Kier molecular flexibility index (Phi) is 4.83. The van der Waals surface area contributed by atoms with E-state index in [0.717, 1.165) is 66.0 Å². The van der Waals surface area contributed by atoms with Crippen LogP contribution < -0.4 is 9.80 Å². The minimum atomic E-state index is 0.844. The summed E-state index contributed by atoms with van der Waals surface area (Å²) >= 11 is 1.59. The van der Waals surface area contributed by atoms with Crippen molar-refractivity contribution in [3.63, 3.8) is 0 Å². The van der Waals surface area contributed by atoms with Crippen LogP contribution >= 0.6 is 11.8 Å². The van der Waals surface area contributed by atoms with Gasteiger partial charge in [-0.15, -0.1) is 0 Å². The zero-order valence-electron chi connectivity index (χ0n) is 15.0. The highest BCUT2D eigenvalue weighted by atomic mass is 32.2. The molecule has 1 aliphatic heterocycles. The Bertz CT molecular complexity index is 881. The lowest BCUT2D eigenvalue weighted by atomic mass is 10.2. The van der Waals surface area contributed by atoms with Crippen LogP contribution in [0.1, 0.15) is 12.6 Å². The highest BCUT2D eigenvalue weighted by Crippen LogP contribution is 2.25. The van der Waals surface area contributed by atoms with E-state index >= 15 is 0 Å². The number of aryl methyl sites for hydroxylation is 1. The van der Waals surface area contributed by atoms with Crippen molar-refractivity contribution in [3.05, 3.63) is 36.5 Å². The monoisotopic (exact) mass is 367 g/mol. The van der Waals surface area contributed by atoms with Crippen molar-refractivity contribution in [2.45, 2.75) is 18.5 Å². The quantitative estimate of drug-likeness (QED) is 0.514. The van der Waals surface area contributed by atoms with E-state index in [1.54, 1.807) is 30.5 Å². The first-order valence-electron chi connectivity index (χ1n) is 8.75. The van der Waals surface area contributed by atoms with Gasteiger partial charge >= 0.3 is 0 Å². The Morgan fingerprint density at radius 1 is 1.08 bits per heavy atom. The number of anilines is 2. The number of rotatable bonds is 4. The van der Waals surface area contributed by atoms with Gasteiger partial charge in [-0.25, -0.2) is 19.9 Å². The normalized spacial score (nSPS) is 14.8. The molecule has 0 N–H and O–H groups in total. The van der Waals surface area contributed by atoms with Gasteiger partial charge in [0, 0.05) is 49.5 Å².